The monoisotopic (exact) mass is 325 g/mol. The van der Waals surface area contributed by atoms with Crippen LogP contribution in [0.4, 0.5) is 0 Å². The summed E-state index contributed by atoms with van der Waals surface area (Å²) in [6, 6.07) is 18.9. The van der Waals surface area contributed by atoms with E-state index < -0.39 is 0 Å². The van der Waals surface area contributed by atoms with Crippen molar-refractivity contribution in [1.82, 2.24) is 5.32 Å². The van der Waals surface area contributed by atoms with Gasteiger partial charge in [0.2, 0.25) is 0 Å². The van der Waals surface area contributed by atoms with Crippen LogP contribution in [0.25, 0.3) is 0 Å². The molecule has 2 rings (SSSR count). The molecule has 0 bridgehead atoms. The van der Waals surface area contributed by atoms with Gasteiger partial charge in [-0.2, -0.15) is 0 Å². The first kappa shape index (κ1) is 18.5. The van der Waals surface area contributed by atoms with E-state index in [4.69, 9.17) is 4.74 Å². The van der Waals surface area contributed by atoms with Gasteiger partial charge in [-0.25, -0.2) is 0 Å². The molecule has 0 spiro atoms. The number of unbranched alkanes of at least 4 members (excludes halogenated alkanes) is 5. The van der Waals surface area contributed by atoms with Crippen molar-refractivity contribution in [3.05, 3.63) is 65.7 Å². The first-order valence-corrected chi connectivity index (χ1v) is 9.35. The summed E-state index contributed by atoms with van der Waals surface area (Å²) in [5.74, 6) is 0.982. The van der Waals surface area contributed by atoms with Crippen LogP contribution in [0.3, 0.4) is 0 Å². The maximum atomic E-state index is 5.82. The van der Waals surface area contributed by atoms with Crippen molar-refractivity contribution >= 4 is 0 Å². The predicted octanol–water partition coefficient (Wildman–Crippen LogP) is 5.72. The Hall–Kier alpha value is -1.80. The Morgan fingerprint density at radius 1 is 0.708 bits per heavy atom. The Morgan fingerprint density at radius 3 is 2.04 bits per heavy atom. The van der Waals surface area contributed by atoms with E-state index in [-0.39, 0.29) is 0 Å². The highest BCUT2D eigenvalue weighted by atomic mass is 16.5. The summed E-state index contributed by atoms with van der Waals surface area (Å²) in [4.78, 5) is 0. The summed E-state index contributed by atoms with van der Waals surface area (Å²) in [6.45, 7) is 4.87. The summed E-state index contributed by atoms with van der Waals surface area (Å²) < 4.78 is 5.82. The first-order valence-electron chi connectivity index (χ1n) is 9.35. The summed E-state index contributed by atoms with van der Waals surface area (Å²) >= 11 is 0. The molecule has 0 saturated heterocycles. The number of hydrogen-bond donors (Lipinski definition) is 1. The average Bonchev–Trinajstić information content (AvgIpc) is 2.63. The lowest BCUT2D eigenvalue weighted by atomic mass is 10.1. The molecule has 1 N–H and O–H groups in total. The third-order valence-electron chi connectivity index (χ3n) is 4.19. The lowest BCUT2D eigenvalue weighted by molar-refractivity contribution is 0.304. The lowest BCUT2D eigenvalue weighted by Crippen LogP contribution is -2.12. The van der Waals surface area contributed by atoms with Gasteiger partial charge in [0.25, 0.3) is 0 Å². The zero-order chi connectivity index (χ0) is 16.9. The smallest absolute Gasteiger partial charge is 0.119 e. The van der Waals surface area contributed by atoms with Gasteiger partial charge in [0.15, 0.2) is 0 Å². The summed E-state index contributed by atoms with van der Waals surface area (Å²) in [6.07, 6.45) is 7.81. The van der Waals surface area contributed by atoms with E-state index in [0.717, 1.165) is 31.9 Å². The van der Waals surface area contributed by atoms with Gasteiger partial charge in [-0.3, -0.25) is 0 Å². The summed E-state index contributed by atoms with van der Waals surface area (Å²) in [5, 5.41) is 3.47. The number of ether oxygens (including phenoxy) is 1. The highest BCUT2D eigenvalue weighted by Gasteiger charge is 1.97. The summed E-state index contributed by atoms with van der Waals surface area (Å²) in [7, 11) is 0. The van der Waals surface area contributed by atoms with Gasteiger partial charge in [-0.15, -0.1) is 0 Å². The van der Waals surface area contributed by atoms with E-state index in [9.17, 15) is 0 Å². The Kier molecular flexibility index (Phi) is 9.03. The normalized spacial score (nSPS) is 10.7. The fourth-order valence-corrected chi connectivity index (χ4v) is 2.72. The van der Waals surface area contributed by atoms with E-state index in [1.165, 1.54) is 43.2 Å². The van der Waals surface area contributed by atoms with Crippen LogP contribution in [0, 0.1) is 0 Å². The molecule has 0 atom stereocenters. The molecule has 0 aliphatic rings. The topological polar surface area (TPSA) is 21.3 Å². The van der Waals surface area contributed by atoms with Crippen LogP contribution >= 0.6 is 0 Å². The summed E-state index contributed by atoms with van der Waals surface area (Å²) in [5.41, 5.74) is 2.61. The van der Waals surface area contributed by atoms with Crippen molar-refractivity contribution in [3.8, 4) is 5.75 Å². The molecule has 0 radical (unpaired) electrons. The van der Waals surface area contributed by atoms with Gasteiger partial charge in [0, 0.05) is 13.1 Å². The van der Waals surface area contributed by atoms with Gasteiger partial charge >= 0.3 is 0 Å². The second kappa shape index (κ2) is 11.7. The zero-order valence-electron chi connectivity index (χ0n) is 15.0. The van der Waals surface area contributed by atoms with Gasteiger partial charge in [0.1, 0.15) is 5.75 Å². The molecular formula is C22H31NO. The van der Waals surface area contributed by atoms with Crippen molar-refractivity contribution in [3.63, 3.8) is 0 Å². The van der Waals surface area contributed by atoms with E-state index in [1.807, 2.05) is 6.07 Å². The fraction of sp³-hybridized carbons (Fsp3) is 0.455. The molecule has 0 aromatic heterocycles. The highest BCUT2D eigenvalue weighted by Crippen LogP contribution is 2.13. The molecule has 2 heteroatoms. The molecule has 2 nitrogen and oxygen atoms in total. The molecule has 130 valence electrons. The number of hydrogen-bond acceptors (Lipinski definition) is 2. The van der Waals surface area contributed by atoms with Crippen molar-refractivity contribution < 1.29 is 4.74 Å². The van der Waals surface area contributed by atoms with Gasteiger partial charge in [-0.1, -0.05) is 81.5 Å². The van der Waals surface area contributed by atoms with Crippen molar-refractivity contribution in [2.45, 2.75) is 58.5 Å². The van der Waals surface area contributed by atoms with Crippen LogP contribution in [0.5, 0.6) is 5.75 Å². The molecule has 0 amide bonds. The molecule has 2 aromatic carbocycles. The predicted molar refractivity (Wildman–Crippen MR) is 102 cm³/mol. The second-order valence-electron chi connectivity index (χ2n) is 6.35. The Balaban J connectivity index is 1.58. The van der Waals surface area contributed by atoms with Crippen LogP contribution in [-0.4, -0.2) is 6.61 Å². The van der Waals surface area contributed by atoms with E-state index in [2.05, 4.69) is 60.8 Å². The molecule has 0 aliphatic carbocycles. The fourth-order valence-electron chi connectivity index (χ4n) is 2.72. The Morgan fingerprint density at radius 2 is 1.33 bits per heavy atom. The lowest BCUT2D eigenvalue weighted by Gasteiger charge is -2.08. The molecule has 2 aromatic rings. The van der Waals surface area contributed by atoms with Crippen molar-refractivity contribution in [2.24, 2.45) is 0 Å². The quantitative estimate of drug-likeness (QED) is 0.504. The minimum atomic E-state index is 0.831. The molecule has 0 heterocycles. The molecule has 24 heavy (non-hydrogen) atoms. The largest absolute Gasteiger partial charge is 0.494 e. The minimum Gasteiger partial charge on any atom is -0.494 e. The molecule has 0 aliphatic heterocycles. The van der Waals surface area contributed by atoms with E-state index in [0.29, 0.717) is 0 Å². The van der Waals surface area contributed by atoms with Crippen LogP contribution < -0.4 is 10.1 Å². The minimum absolute atomic E-state index is 0.831. The van der Waals surface area contributed by atoms with Crippen LogP contribution in [0.1, 0.15) is 56.6 Å². The van der Waals surface area contributed by atoms with Crippen molar-refractivity contribution in [1.29, 1.82) is 0 Å². The Bertz CT molecular complexity index is 536. The van der Waals surface area contributed by atoms with E-state index >= 15 is 0 Å². The number of nitrogens with one attached hydrogen (secondary N) is 1. The second-order valence-corrected chi connectivity index (χ2v) is 6.35. The highest BCUT2D eigenvalue weighted by molar-refractivity contribution is 5.27. The zero-order valence-corrected chi connectivity index (χ0v) is 15.0. The van der Waals surface area contributed by atoms with Crippen molar-refractivity contribution in [2.75, 3.05) is 6.61 Å². The molecular weight excluding hydrogens is 294 g/mol. The standard InChI is InChI=1S/C22H31NO/c1-2-3-4-5-6-10-17-24-22-15-13-21(14-16-22)19-23-18-20-11-8-7-9-12-20/h7-9,11-16,23H,2-6,10,17-19H2,1H3. The average molecular weight is 325 g/mol. The van der Waals surface area contributed by atoms with Gasteiger partial charge in [-0.05, 0) is 29.7 Å². The maximum Gasteiger partial charge on any atom is 0.119 e. The molecule has 0 saturated carbocycles. The van der Waals surface area contributed by atoms with E-state index in [1.54, 1.807) is 0 Å². The Labute approximate surface area is 147 Å². The first-order chi connectivity index (χ1) is 11.9. The maximum absolute atomic E-state index is 5.82. The molecule has 0 fully saturated rings. The van der Waals surface area contributed by atoms with Gasteiger partial charge < -0.3 is 10.1 Å². The van der Waals surface area contributed by atoms with Crippen LogP contribution in [0.15, 0.2) is 54.6 Å². The van der Waals surface area contributed by atoms with Crippen LogP contribution in [0.2, 0.25) is 0 Å². The number of rotatable bonds is 12. The third-order valence-corrected chi connectivity index (χ3v) is 4.19. The molecule has 0 unspecified atom stereocenters. The number of benzene rings is 2. The SMILES string of the molecule is CCCCCCCCOc1ccc(CNCc2ccccc2)cc1. The third kappa shape index (κ3) is 7.65. The van der Waals surface area contributed by atoms with Gasteiger partial charge in [0.05, 0.1) is 6.61 Å². The van der Waals surface area contributed by atoms with Crippen LogP contribution in [-0.2, 0) is 13.1 Å².